The Hall–Kier alpha value is -2.44. The summed E-state index contributed by atoms with van der Waals surface area (Å²) < 4.78 is 59.1. The lowest BCUT2D eigenvalue weighted by Crippen LogP contribution is -2.33. The van der Waals surface area contributed by atoms with Gasteiger partial charge in [0, 0.05) is 17.8 Å². The van der Waals surface area contributed by atoms with Crippen molar-refractivity contribution in [3.05, 3.63) is 48.5 Å². The van der Waals surface area contributed by atoms with Crippen molar-refractivity contribution in [1.29, 1.82) is 0 Å². The first kappa shape index (κ1) is 15.0. The zero-order valence-corrected chi connectivity index (χ0v) is 10.6. The summed E-state index contributed by atoms with van der Waals surface area (Å²) in [6, 6.07) is 11.5. The first-order chi connectivity index (χ1) is 9.87. The lowest BCUT2D eigenvalue weighted by Gasteiger charge is -2.17. The van der Waals surface area contributed by atoms with Gasteiger partial charge in [-0.05, 0) is 24.3 Å². The molecule has 2 rings (SSSR count). The maximum absolute atomic E-state index is 12.8. The van der Waals surface area contributed by atoms with Crippen molar-refractivity contribution in [2.45, 2.75) is 12.5 Å². The normalized spacial score (nSPS) is 11.5. The highest BCUT2D eigenvalue weighted by Gasteiger charge is 2.44. The lowest BCUT2D eigenvalue weighted by atomic mass is 10.3. The molecule has 0 aliphatic heterocycles. The van der Waals surface area contributed by atoms with Crippen LogP contribution in [0, 0.1) is 0 Å². The zero-order valence-electron chi connectivity index (χ0n) is 10.6. The van der Waals surface area contributed by atoms with Crippen molar-refractivity contribution in [3.63, 3.8) is 0 Å². The Labute approximate surface area is 117 Å². The smallest absolute Gasteiger partial charge is 0.457 e. The van der Waals surface area contributed by atoms with Crippen LogP contribution in [-0.2, 0) is 0 Å². The number of halogens is 4. The van der Waals surface area contributed by atoms with Crippen molar-refractivity contribution in [2.75, 3.05) is 5.73 Å². The number of anilines is 1. The number of hydrogen-bond donors (Lipinski definition) is 1. The third kappa shape index (κ3) is 4.01. The number of alkyl halides is 4. The summed E-state index contributed by atoms with van der Waals surface area (Å²) in [6.07, 6.45) is -8.48. The van der Waals surface area contributed by atoms with Crippen LogP contribution in [-0.4, -0.2) is 12.5 Å². The predicted molar refractivity (Wildman–Crippen MR) is 68.9 cm³/mol. The molecule has 21 heavy (non-hydrogen) atoms. The molecular formula is C14H11F4NO2. The van der Waals surface area contributed by atoms with Gasteiger partial charge in [-0.1, -0.05) is 12.1 Å². The zero-order chi connectivity index (χ0) is 15.5. The highest BCUT2D eigenvalue weighted by molar-refractivity contribution is 5.45. The van der Waals surface area contributed by atoms with Gasteiger partial charge in [0.2, 0.25) is 0 Å². The average molecular weight is 301 g/mol. The molecule has 2 N–H and O–H groups in total. The number of hydrogen-bond acceptors (Lipinski definition) is 3. The van der Waals surface area contributed by atoms with E-state index in [1.807, 2.05) is 0 Å². The molecule has 7 heteroatoms. The van der Waals surface area contributed by atoms with Gasteiger partial charge < -0.3 is 15.2 Å². The highest BCUT2D eigenvalue weighted by atomic mass is 19.3. The third-order valence-electron chi connectivity index (χ3n) is 2.41. The number of ether oxygens (including phenoxy) is 2. The minimum atomic E-state index is -4.56. The second-order valence-electron chi connectivity index (χ2n) is 4.11. The molecular weight excluding hydrogens is 290 g/mol. The topological polar surface area (TPSA) is 44.5 Å². The Kier molecular flexibility index (Phi) is 4.21. The molecule has 2 aromatic carbocycles. The van der Waals surface area contributed by atoms with Crippen molar-refractivity contribution in [3.8, 4) is 17.2 Å². The van der Waals surface area contributed by atoms with E-state index in [-0.39, 0.29) is 5.75 Å². The van der Waals surface area contributed by atoms with Crippen LogP contribution < -0.4 is 15.2 Å². The molecule has 0 spiro atoms. The maximum atomic E-state index is 12.8. The van der Waals surface area contributed by atoms with Crippen molar-refractivity contribution >= 4 is 5.69 Å². The predicted octanol–water partition coefficient (Wildman–Crippen LogP) is 4.30. The van der Waals surface area contributed by atoms with E-state index in [9.17, 15) is 17.6 Å². The highest BCUT2D eigenvalue weighted by Crippen LogP contribution is 2.31. The fourth-order valence-corrected chi connectivity index (χ4v) is 1.52. The number of nitrogen functional groups attached to an aromatic ring is 1. The van der Waals surface area contributed by atoms with E-state index in [1.54, 1.807) is 18.2 Å². The molecule has 0 aliphatic rings. The molecule has 0 bridgehead atoms. The minimum absolute atomic E-state index is 0.156. The fraction of sp³-hybridized carbons (Fsp3) is 0.143. The van der Waals surface area contributed by atoms with E-state index in [0.29, 0.717) is 11.4 Å². The number of rotatable bonds is 5. The van der Waals surface area contributed by atoms with Crippen LogP contribution in [0.5, 0.6) is 17.2 Å². The van der Waals surface area contributed by atoms with Gasteiger partial charge in [0.15, 0.2) is 0 Å². The Morgan fingerprint density at radius 2 is 1.48 bits per heavy atom. The van der Waals surface area contributed by atoms with Gasteiger partial charge >= 0.3 is 12.5 Å². The fourth-order valence-electron chi connectivity index (χ4n) is 1.52. The first-order valence-electron chi connectivity index (χ1n) is 5.85. The van der Waals surface area contributed by atoms with Gasteiger partial charge in [-0.15, -0.1) is 0 Å². The van der Waals surface area contributed by atoms with Crippen molar-refractivity contribution in [2.24, 2.45) is 0 Å². The van der Waals surface area contributed by atoms with Crippen LogP contribution in [0.15, 0.2) is 48.5 Å². The van der Waals surface area contributed by atoms with Gasteiger partial charge in [-0.25, -0.2) is 0 Å². The molecule has 0 amide bonds. The summed E-state index contributed by atoms with van der Waals surface area (Å²) in [6.45, 7) is 0. The Bertz CT molecular complexity index is 619. The molecule has 0 saturated heterocycles. The first-order valence-corrected chi connectivity index (χ1v) is 5.85. The molecule has 0 aliphatic carbocycles. The number of benzene rings is 2. The van der Waals surface area contributed by atoms with E-state index in [0.717, 1.165) is 12.1 Å². The Morgan fingerprint density at radius 1 is 0.905 bits per heavy atom. The van der Waals surface area contributed by atoms with Crippen LogP contribution in [0.25, 0.3) is 0 Å². The number of nitrogens with two attached hydrogens (primary N) is 1. The summed E-state index contributed by atoms with van der Waals surface area (Å²) >= 11 is 0. The van der Waals surface area contributed by atoms with Gasteiger partial charge in [0.05, 0.1) is 0 Å². The minimum Gasteiger partial charge on any atom is -0.457 e. The standard InChI is InChI=1S/C14H11F4NO2/c15-13(16)14(17,18)21-12-6-2-5-11(8-12)20-10-4-1-3-9(19)7-10/h1-8,13H,19H2. The molecule has 112 valence electrons. The van der Waals surface area contributed by atoms with Crippen LogP contribution in [0.4, 0.5) is 23.2 Å². The van der Waals surface area contributed by atoms with E-state index in [1.165, 1.54) is 18.2 Å². The van der Waals surface area contributed by atoms with Gasteiger partial charge in [0.25, 0.3) is 0 Å². The monoisotopic (exact) mass is 301 g/mol. The molecule has 0 atom stereocenters. The SMILES string of the molecule is Nc1cccc(Oc2cccc(OC(F)(F)C(F)F)c2)c1. The summed E-state index contributed by atoms with van der Waals surface area (Å²) in [4.78, 5) is 0. The maximum Gasteiger partial charge on any atom is 0.461 e. The van der Waals surface area contributed by atoms with Crippen LogP contribution in [0.3, 0.4) is 0 Å². The average Bonchev–Trinajstić information content (AvgIpc) is 2.38. The third-order valence-corrected chi connectivity index (χ3v) is 2.41. The quantitative estimate of drug-likeness (QED) is 0.661. The van der Waals surface area contributed by atoms with Crippen LogP contribution in [0.1, 0.15) is 0 Å². The summed E-state index contributed by atoms with van der Waals surface area (Å²) in [5, 5.41) is 0. The van der Waals surface area contributed by atoms with Crippen molar-refractivity contribution < 1.29 is 27.0 Å². The van der Waals surface area contributed by atoms with Gasteiger partial charge in [-0.2, -0.15) is 17.6 Å². The van der Waals surface area contributed by atoms with Crippen molar-refractivity contribution in [1.82, 2.24) is 0 Å². The van der Waals surface area contributed by atoms with Crippen LogP contribution in [0.2, 0.25) is 0 Å². The second kappa shape index (κ2) is 5.90. The Balaban J connectivity index is 2.14. The van der Waals surface area contributed by atoms with E-state index >= 15 is 0 Å². The largest absolute Gasteiger partial charge is 0.461 e. The van der Waals surface area contributed by atoms with E-state index in [4.69, 9.17) is 10.5 Å². The molecule has 0 radical (unpaired) electrons. The summed E-state index contributed by atoms with van der Waals surface area (Å²) in [7, 11) is 0. The van der Waals surface area contributed by atoms with Crippen LogP contribution >= 0.6 is 0 Å². The summed E-state index contributed by atoms with van der Waals surface area (Å²) in [5.74, 6) is 0.109. The van der Waals surface area contributed by atoms with Gasteiger partial charge in [0.1, 0.15) is 17.2 Å². The second-order valence-corrected chi connectivity index (χ2v) is 4.11. The van der Waals surface area contributed by atoms with Gasteiger partial charge in [-0.3, -0.25) is 0 Å². The van der Waals surface area contributed by atoms with E-state index < -0.39 is 18.3 Å². The molecule has 0 heterocycles. The molecule has 0 aromatic heterocycles. The molecule has 2 aromatic rings. The summed E-state index contributed by atoms with van der Waals surface area (Å²) in [5.41, 5.74) is 6.03. The lowest BCUT2D eigenvalue weighted by molar-refractivity contribution is -0.253. The molecule has 0 fully saturated rings. The molecule has 0 unspecified atom stereocenters. The Morgan fingerprint density at radius 3 is 2.10 bits per heavy atom. The molecule has 3 nitrogen and oxygen atoms in total. The van der Waals surface area contributed by atoms with E-state index in [2.05, 4.69) is 4.74 Å². The molecule has 0 saturated carbocycles.